The normalized spacial score (nSPS) is 12.3. The lowest BCUT2D eigenvalue weighted by atomic mass is 10.7. The summed E-state index contributed by atoms with van der Waals surface area (Å²) in [6, 6.07) is 0. The Morgan fingerprint density at radius 1 is 1.00 bits per heavy atom. The van der Waals surface area contributed by atoms with Gasteiger partial charge in [-0.15, -0.1) is 0 Å². The third-order valence-corrected chi connectivity index (χ3v) is 0.308. The first-order valence-electron chi connectivity index (χ1n) is 2.38. The van der Waals surface area contributed by atoms with Crippen molar-refractivity contribution in [1.29, 1.82) is 0 Å². The van der Waals surface area contributed by atoms with Gasteiger partial charge in [0, 0.05) is 0 Å². The second-order valence-corrected chi connectivity index (χ2v) is 1.15. The quantitative estimate of drug-likeness (QED) is 0.513. The average molecular weight is 162 g/mol. The monoisotopic (exact) mass is 162 g/mol. The molecule has 0 fully saturated rings. The Hall–Kier alpha value is -0.330. The van der Waals surface area contributed by atoms with E-state index in [2.05, 4.69) is 0 Å². The molecule has 0 bridgehead atoms. The molecule has 3 N–H and O–H groups in total. The van der Waals surface area contributed by atoms with Crippen molar-refractivity contribution in [3.05, 3.63) is 0 Å². The van der Waals surface area contributed by atoms with Gasteiger partial charge in [0.15, 0.2) is 0 Å². The minimum absolute atomic E-state index is 0.125. The Morgan fingerprint density at radius 2 is 1.20 bits per heavy atom. The molecular weight excluding hydrogens is 153 g/mol. The Labute approximate surface area is 55.7 Å². The highest BCUT2D eigenvalue weighted by Gasteiger charge is 2.12. The van der Waals surface area contributed by atoms with Crippen LogP contribution in [0.25, 0.3) is 0 Å². The van der Waals surface area contributed by atoms with E-state index in [1.165, 1.54) is 0 Å². The van der Waals surface area contributed by atoms with Gasteiger partial charge in [0.25, 0.3) is 12.8 Å². The SMILES string of the molecule is OC(F)C(F)F.OCCO. The minimum atomic E-state index is -3.26. The van der Waals surface area contributed by atoms with Crippen molar-refractivity contribution in [2.45, 2.75) is 12.8 Å². The van der Waals surface area contributed by atoms with Crippen molar-refractivity contribution in [1.82, 2.24) is 0 Å². The summed E-state index contributed by atoms with van der Waals surface area (Å²) < 4.78 is 31.7. The first kappa shape index (κ1) is 12.4. The van der Waals surface area contributed by atoms with Crippen molar-refractivity contribution < 1.29 is 28.5 Å². The predicted molar refractivity (Wildman–Crippen MR) is 27.3 cm³/mol. The van der Waals surface area contributed by atoms with Crippen LogP contribution in [0, 0.1) is 0 Å². The maximum Gasteiger partial charge on any atom is 0.293 e. The maximum absolute atomic E-state index is 10.6. The van der Waals surface area contributed by atoms with E-state index >= 15 is 0 Å². The largest absolute Gasteiger partial charge is 0.394 e. The van der Waals surface area contributed by atoms with Crippen molar-refractivity contribution in [2.24, 2.45) is 0 Å². The average Bonchev–Trinajstić information content (AvgIpc) is 1.89. The summed E-state index contributed by atoms with van der Waals surface area (Å²) in [7, 11) is 0. The predicted octanol–water partition coefficient (Wildman–Crippen LogP) is -0.490. The Kier molecular flexibility index (Phi) is 10.7. The van der Waals surface area contributed by atoms with Gasteiger partial charge in [-0.1, -0.05) is 0 Å². The van der Waals surface area contributed by atoms with E-state index < -0.39 is 12.8 Å². The summed E-state index contributed by atoms with van der Waals surface area (Å²) in [5, 5.41) is 22.5. The molecule has 0 aromatic carbocycles. The summed E-state index contributed by atoms with van der Waals surface area (Å²) in [6.45, 7) is -0.250. The summed E-state index contributed by atoms with van der Waals surface area (Å²) in [5.41, 5.74) is 0. The molecule has 0 saturated heterocycles. The van der Waals surface area contributed by atoms with Crippen molar-refractivity contribution in [3.63, 3.8) is 0 Å². The van der Waals surface area contributed by atoms with E-state index in [0.717, 1.165) is 0 Å². The number of halogens is 3. The van der Waals surface area contributed by atoms with Crippen LogP contribution < -0.4 is 0 Å². The molecule has 0 radical (unpaired) electrons. The van der Waals surface area contributed by atoms with Crippen molar-refractivity contribution in [2.75, 3.05) is 13.2 Å². The lowest BCUT2D eigenvalue weighted by Crippen LogP contribution is -2.08. The smallest absolute Gasteiger partial charge is 0.293 e. The van der Waals surface area contributed by atoms with Gasteiger partial charge in [-0.2, -0.15) is 0 Å². The number of aliphatic hydroxyl groups excluding tert-OH is 3. The molecule has 0 heterocycles. The number of rotatable bonds is 2. The fourth-order valence-electron chi connectivity index (χ4n) is 0. The first-order chi connectivity index (χ1) is 4.56. The fourth-order valence-corrected chi connectivity index (χ4v) is 0. The molecule has 0 aromatic heterocycles. The molecule has 0 aliphatic carbocycles. The number of hydrogen-bond acceptors (Lipinski definition) is 3. The maximum atomic E-state index is 10.6. The molecule has 0 saturated carbocycles. The molecule has 0 amide bonds. The summed E-state index contributed by atoms with van der Waals surface area (Å²) in [6.07, 6.45) is -6.24. The molecule has 0 aliphatic rings. The van der Waals surface area contributed by atoms with Crippen LogP contribution in [0.3, 0.4) is 0 Å². The molecule has 0 aromatic rings. The highest BCUT2D eigenvalue weighted by Crippen LogP contribution is 1.98. The van der Waals surface area contributed by atoms with Gasteiger partial charge in [-0.3, -0.25) is 0 Å². The van der Waals surface area contributed by atoms with E-state index in [4.69, 9.17) is 15.3 Å². The van der Waals surface area contributed by atoms with E-state index in [9.17, 15) is 13.2 Å². The lowest BCUT2D eigenvalue weighted by molar-refractivity contribution is -0.0843. The van der Waals surface area contributed by atoms with E-state index in [1.54, 1.807) is 0 Å². The third kappa shape index (κ3) is 15.6. The van der Waals surface area contributed by atoms with Crippen LogP contribution in [0.2, 0.25) is 0 Å². The van der Waals surface area contributed by atoms with Crippen LogP contribution >= 0.6 is 0 Å². The number of hydrogen-bond donors (Lipinski definition) is 3. The Balaban J connectivity index is 0. The molecule has 0 aliphatic heterocycles. The van der Waals surface area contributed by atoms with Gasteiger partial charge < -0.3 is 15.3 Å². The van der Waals surface area contributed by atoms with Crippen LogP contribution in [-0.4, -0.2) is 41.3 Å². The summed E-state index contributed by atoms with van der Waals surface area (Å²) in [5.74, 6) is 0. The molecule has 1 unspecified atom stereocenters. The van der Waals surface area contributed by atoms with Gasteiger partial charge in [-0.05, 0) is 0 Å². The fraction of sp³-hybridized carbons (Fsp3) is 1.00. The zero-order valence-electron chi connectivity index (χ0n) is 5.04. The Morgan fingerprint density at radius 3 is 1.20 bits per heavy atom. The Bertz CT molecular complexity index is 51.7. The van der Waals surface area contributed by atoms with Crippen LogP contribution in [0.1, 0.15) is 0 Å². The van der Waals surface area contributed by atoms with Gasteiger partial charge in [0.05, 0.1) is 13.2 Å². The van der Waals surface area contributed by atoms with E-state index in [1.807, 2.05) is 0 Å². The number of aliphatic hydroxyl groups is 3. The minimum Gasteiger partial charge on any atom is -0.394 e. The molecule has 64 valence electrons. The van der Waals surface area contributed by atoms with Crippen molar-refractivity contribution in [3.8, 4) is 0 Å². The highest BCUT2D eigenvalue weighted by atomic mass is 19.3. The van der Waals surface area contributed by atoms with Gasteiger partial charge in [0.2, 0.25) is 0 Å². The molecule has 3 nitrogen and oxygen atoms in total. The second kappa shape index (κ2) is 8.67. The van der Waals surface area contributed by atoms with Crippen molar-refractivity contribution >= 4 is 0 Å². The number of alkyl halides is 3. The third-order valence-electron chi connectivity index (χ3n) is 0.308. The summed E-state index contributed by atoms with van der Waals surface area (Å²) >= 11 is 0. The molecule has 1 atom stereocenters. The molecule has 0 rings (SSSR count). The zero-order chi connectivity index (χ0) is 8.57. The molecular formula is C4H9F3O3. The van der Waals surface area contributed by atoms with Crippen LogP contribution in [0.5, 0.6) is 0 Å². The van der Waals surface area contributed by atoms with Crippen LogP contribution in [-0.2, 0) is 0 Å². The highest BCUT2D eigenvalue weighted by molar-refractivity contribution is 4.34. The standard InChI is InChI=1S/C2H3F3O.C2H6O2/c3-1(4)2(5)6;3-1-2-4/h1-2,6H;3-4H,1-2H2. The molecule has 0 spiro atoms. The van der Waals surface area contributed by atoms with E-state index in [-0.39, 0.29) is 13.2 Å². The first-order valence-corrected chi connectivity index (χ1v) is 2.38. The van der Waals surface area contributed by atoms with Gasteiger partial charge in [-0.25, -0.2) is 13.2 Å². The molecule has 10 heavy (non-hydrogen) atoms. The van der Waals surface area contributed by atoms with Gasteiger partial charge >= 0.3 is 0 Å². The van der Waals surface area contributed by atoms with Crippen LogP contribution in [0.4, 0.5) is 13.2 Å². The molecule has 6 heteroatoms. The zero-order valence-corrected chi connectivity index (χ0v) is 5.04. The summed E-state index contributed by atoms with van der Waals surface area (Å²) in [4.78, 5) is 0. The lowest BCUT2D eigenvalue weighted by Gasteiger charge is -1.92. The van der Waals surface area contributed by atoms with Crippen LogP contribution in [0.15, 0.2) is 0 Å². The second-order valence-electron chi connectivity index (χ2n) is 1.15. The topological polar surface area (TPSA) is 60.7 Å². The van der Waals surface area contributed by atoms with E-state index in [0.29, 0.717) is 0 Å². The van der Waals surface area contributed by atoms with Gasteiger partial charge in [0.1, 0.15) is 0 Å².